The van der Waals surface area contributed by atoms with E-state index in [0.29, 0.717) is 28.7 Å². The Morgan fingerprint density at radius 2 is 2.15 bits per heavy atom. The van der Waals surface area contributed by atoms with Gasteiger partial charge < -0.3 is 15.4 Å². The van der Waals surface area contributed by atoms with Crippen molar-refractivity contribution in [1.82, 2.24) is 10.3 Å². The molecular weight excluding hydrogens is 362 g/mol. The summed E-state index contributed by atoms with van der Waals surface area (Å²) in [6.45, 7) is 0.657. The van der Waals surface area contributed by atoms with E-state index in [2.05, 4.69) is 21.7 Å². The van der Waals surface area contributed by atoms with Crippen LogP contribution in [0, 0.1) is 0 Å². The van der Waals surface area contributed by atoms with Crippen molar-refractivity contribution in [1.29, 1.82) is 0 Å². The van der Waals surface area contributed by atoms with Gasteiger partial charge in [-0.15, -0.1) is 0 Å². The normalized spacial score (nSPS) is 13.6. The largest absolute Gasteiger partial charge is 0.495 e. The van der Waals surface area contributed by atoms with Crippen LogP contribution in [0.5, 0.6) is 5.75 Å². The van der Waals surface area contributed by atoms with Gasteiger partial charge in [-0.2, -0.15) is 0 Å². The SMILES string of the molecule is COc1ccc(Nc2cc(C(=O)NCCC3=CCCCC3)ccn2)cc1Cl. The fourth-order valence-corrected chi connectivity index (χ4v) is 3.36. The minimum atomic E-state index is -0.0929. The number of allylic oxidation sites excluding steroid dienone is 1. The number of nitrogens with zero attached hydrogens (tertiary/aromatic N) is 1. The average Bonchev–Trinajstić information content (AvgIpc) is 2.69. The quantitative estimate of drug-likeness (QED) is 0.650. The molecule has 0 radical (unpaired) electrons. The molecule has 0 spiro atoms. The van der Waals surface area contributed by atoms with Crippen LogP contribution in [0.2, 0.25) is 5.02 Å². The van der Waals surface area contributed by atoms with Crippen LogP contribution in [0.15, 0.2) is 48.2 Å². The lowest BCUT2D eigenvalue weighted by Crippen LogP contribution is -2.25. The van der Waals surface area contributed by atoms with Crippen LogP contribution in [0.1, 0.15) is 42.5 Å². The van der Waals surface area contributed by atoms with E-state index in [-0.39, 0.29) is 5.91 Å². The number of benzene rings is 1. The molecule has 3 rings (SSSR count). The van der Waals surface area contributed by atoms with Gasteiger partial charge in [0, 0.05) is 24.0 Å². The highest BCUT2D eigenvalue weighted by Crippen LogP contribution is 2.28. The second kappa shape index (κ2) is 9.42. The molecule has 1 amide bonds. The van der Waals surface area contributed by atoms with Crippen molar-refractivity contribution < 1.29 is 9.53 Å². The first-order valence-corrected chi connectivity index (χ1v) is 9.56. The molecule has 1 heterocycles. The van der Waals surface area contributed by atoms with Gasteiger partial charge in [0.25, 0.3) is 5.91 Å². The fraction of sp³-hybridized carbons (Fsp3) is 0.333. The minimum Gasteiger partial charge on any atom is -0.495 e. The number of hydrogen-bond donors (Lipinski definition) is 2. The second-order valence-electron chi connectivity index (χ2n) is 6.52. The number of hydrogen-bond acceptors (Lipinski definition) is 4. The summed E-state index contributed by atoms with van der Waals surface area (Å²) in [5.41, 5.74) is 2.80. The molecular formula is C21H24ClN3O2. The Balaban J connectivity index is 1.58. The molecule has 0 bridgehead atoms. The molecule has 0 aliphatic heterocycles. The molecule has 0 fully saturated rings. The van der Waals surface area contributed by atoms with Gasteiger partial charge in [-0.05, 0) is 62.4 Å². The minimum absolute atomic E-state index is 0.0929. The summed E-state index contributed by atoms with van der Waals surface area (Å²) in [5, 5.41) is 6.66. The Morgan fingerprint density at radius 1 is 1.26 bits per heavy atom. The third-order valence-corrected chi connectivity index (χ3v) is 4.86. The molecule has 27 heavy (non-hydrogen) atoms. The van der Waals surface area contributed by atoms with E-state index in [9.17, 15) is 4.79 Å². The van der Waals surface area contributed by atoms with E-state index < -0.39 is 0 Å². The molecule has 1 aromatic carbocycles. The molecule has 2 N–H and O–H groups in total. The Labute approximate surface area is 164 Å². The average molecular weight is 386 g/mol. The van der Waals surface area contributed by atoms with Crippen LogP contribution in [0.25, 0.3) is 0 Å². The van der Waals surface area contributed by atoms with E-state index in [4.69, 9.17) is 16.3 Å². The predicted octanol–water partition coefficient (Wildman–Crippen LogP) is 5.11. The van der Waals surface area contributed by atoms with Gasteiger partial charge in [0.15, 0.2) is 0 Å². The number of pyridine rings is 1. The summed E-state index contributed by atoms with van der Waals surface area (Å²) in [4.78, 5) is 16.7. The Kier molecular flexibility index (Phi) is 6.71. The van der Waals surface area contributed by atoms with Gasteiger partial charge in [0.05, 0.1) is 12.1 Å². The van der Waals surface area contributed by atoms with Crippen LogP contribution in [-0.4, -0.2) is 24.5 Å². The van der Waals surface area contributed by atoms with Crippen molar-refractivity contribution in [3.8, 4) is 5.75 Å². The summed E-state index contributed by atoms with van der Waals surface area (Å²) in [7, 11) is 1.57. The predicted molar refractivity (Wildman–Crippen MR) is 109 cm³/mol. The maximum atomic E-state index is 12.4. The van der Waals surface area contributed by atoms with Crippen LogP contribution in [-0.2, 0) is 0 Å². The zero-order valence-corrected chi connectivity index (χ0v) is 16.2. The molecule has 0 atom stereocenters. The third kappa shape index (κ3) is 5.47. The third-order valence-electron chi connectivity index (χ3n) is 4.56. The lowest BCUT2D eigenvalue weighted by molar-refractivity contribution is 0.0954. The van der Waals surface area contributed by atoms with Gasteiger partial charge in [-0.25, -0.2) is 4.98 Å². The van der Waals surface area contributed by atoms with Crippen molar-refractivity contribution >= 4 is 29.0 Å². The molecule has 142 valence electrons. The maximum absolute atomic E-state index is 12.4. The monoisotopic (exact) mass is 385 g/mol. The van der Waals surface area contributed by atoms with Crippen molar-refractivity contribution in [2.24, 2.45) is 0 Å². The van der Waals surface area contributed by atoms with Crippen molar-refractivity contribution in [2.75, 3.05) is 19.0 Å². The summed E-state index contributed by atoms with van der Waals surface area (Å²) < 4.78 is 5.15. The number of ether oxygens (including phenoxy) is 1. The van der Waals surface area contributed by atoms with Crippen molar-refractivity contribution in [3.63, 3.8) is 0 Å². The smallest absolute Gasteiger partial charge is 0.251 e. The summed E-state index contributed by atoms with van der Waals surface area (Å²) >= 11 is 6.14. The first-order valence-electron chi connectivity index (χ1n) is 9.18. The molecule has 1 aliphatic rings. The molecule has 0 saturated heterocycles. The summed E-state index contributed by atoms with van der Waals surface area (Å²) in [5.74, 6) is 1.10. The highest BCUT2D eigenvalue weighted by molar-refractivity contribution is 6.32. The van der Waals surface area contributed by atoms with Crippen LogP contribution in [0.4, 0.5) is 11.5 Å². The van der Waals surface area contributed by atoms with E-state index in [1.165, 1.54) is 18.4 Å². The summed E-state index contributed by atoms with van der Waals surface area (Å²) in [6, 6.07) is 8.82. The number of rotatable bonds is 7. The lowest BCUT2D eigenvalue weighted by atomic mass is 9.97. The van der Waals surface area contributed by atoms with Crippen LogP contribution < -0.4 is 15.4 Å². The first kappa shape index (κ1) is 19.2. The number of carbonyl (C=O) groups is 1. The second-order valence-corrected chi connectivity index (χ2v) is 6.93. The number of halogens is 1. The molecule has 1 aliphatic carbocycles. The summed E-state index contributed by atoms with van der Waals surface area (Å²) in [6.07, 6.45) is 9.71. The van der Waals surface area contributed by atoms with E-state index in [1.807, 2.05) is 6.07 Å². The van der Waals surface area contributed by atoms with Crippen molar-refractivity contribution in [3.05, 3.63) is 58.8 Å². The van der Waals surface area contributed by atoms with E-state index in [1.54, 1.807) is 37.6 Å². The zero-order chi connectivity index (χ0) is 19.1. The van der Waals surface area contributed by atoms with Gasteiger partial charge in [0.1, 0.15) is 11.6 Å². The Hall–Kier alpha value is -2.53. The Morgan fingerprint density at radius 3 is 2.89 bits per heavy atom. The van der Waals surface area contributed by atoms with Gasteiger partial charge >= 0.3 is 0 Å². The molecule has 5 nitrogen and oxygen atoms in total. The van der Waals surface area contributed by atoms with Crippen molar-refractivity contribution in [2.45, 2.75) is 32.1 Å². The van der Waals surface area contributed by atoms with Gasteiger partial charge in [0.2, 0.25) is 0 Å². The highest BCUT2D eigenvalue weighted by Gasteiger charge is 2.09. The first-order chi connectivity index (χ1) is 13.2. The molecule has 2 aromatic rings. The number of aromatic nitrogens is 1. The number of nitrogens with one attached hydrogen (secondary N) is 2. The van der Waals surface area contributed by atoms with Gasteiger partial charge in [-0.1, -0.05) is 23.3 Å². The topological polar surface area (TPSA) is 63.2 Å². The van der Waals surface area contributed by atoms with Crippen LogP contribution >= 0.6 is 11.6 Å². The van der Waals surface area contributed by atoms with E-state index in [0.717, 1.165) is 24.9 Å². The molecule has 0 unspecified atom stereocenters. The fourth-order valence-electron chi connectivity index (χ4n) is 3.10. The number of anilines is 2. The standard InChI is InChI=1S/C21H24ClN3O2/c1-27-19-8-7-17(14-18(19)22)25-20-13-16(10-12-23-20)21(26)24-11-9-15-5-3-2-4-6-15/h5,7-8,10,12-14H,2-4,6,9,11H2,1H3,(H,23,25)(H,24,26). The van der Waals surface area contributed by atoms with E-state index >= 15 is 0 Å². The number of carbonyl (C=O) groups excluding carboxylic acids is 1. The Bertz CT molecular complexity index is 836. The molecule has 1 aromatic heterocycles. The lowest BCUT2D eigenvalue weighted by Gasteiger charge is -2.13. The maximum Gasteiger partial charge on any atom is 0.251 e. The zero-order valence-electron chi connectivity index (χ0n) is 15.4. The molecule has 0 saturated carbocycles. The number of amides is 1. The van der Waals surface area contributed by atoms with Gasteiger partial charge in [-0.3, -0.25) is 4.79 Å². The molecule has 6 heteroatoms. The highest BCUT2D eigenvalue weighted by atomic mass is 35.5. The van der Waals surface area contributed by atoms with Crippen LogP contribution in [0.3, 0.4) is 0 Å². The number of methoxy groups -OCH3 is 1.